The fourth-order valence-corrected chi connectivity index (χ4v) is 3.34. The fraction of sp³-hybridized carbons (Fsp3) is 0.160. The Labute approximate surface area is 170 Å². The van der Waals surface area contributed by atoms with Crippen molar-refractivity contribution in [1.82, 2.24) is 5.32 Å². The number of hydrogen-bond acceptors (Lipinski definition) is 3. The number of carbonyl (C=O) groups is 1. The lowest BCUT2D eigenvalue weighted by Gasteiger charge is -2.16. The molecule has 4 rings (SSSR count). The van der Waals surface area contributed by atoms with Gasteiger partial charge in [0.15, 0.2) is 6.10 Å². The van der Waals surface area contributed by atoms with Crippen molar-refractivity contribution in [2.45, 2.75) is 13.0 Å². The lowest BCUT2D eigenvalue weighted by atomic mass is 10.1. The summed E-state index contributed by atoms with van der Waals surface area (Å²) < 4.78 is 11.8. The van der Waals surface area contributed by atoms with E-state index in [1.807, 2.05) is 72.8 Å². The van der Waals surface area contributed by atoms with Gasteiger partial charge in [0.2, 0.25) is 0 Å². The van der Waals surface area contributed by atoms with E-state index in [9.17, 15) is 4.79 Å². The highest BCUT2D eigenvalue weighted by atomic mass is 16.5. The second-order valence-corrected chi connectivity index (χ2v) is 6.85. The SMILES string of the molecule is CC(Oc1cccc2ccccc12)C(=O)NCCOc1cccc2ccccc12. The van der Waals surface area contributed by atoms with Crippen molar-refractivity contribution in [2.75, 3.05) is 13.2 Å². The molecule has 0 aliphatic heterocycles. The largest absolute Gasteiger partial charge is 0.491 e. The van der Waals surface area contributed by atoms with Crippen LogP contribution in [0.15, 0.2) is 84.9 Å². The summed E-state index contributed by atoms with van der Waals surface area (Å²) in [7, 11) is 0. The lowest BCUT2D eigenvalue weighted by Crippen LogP contribution is -2.38. The first-order valence-electron chi connectivity index (χ1n) is 9.75. The summed E-state index contributed by atoms with van der Waals surface area (Å²) in [6.45, 7) is 2.55. The van der Waals surface area contributed by atoms with Crippen LogP contribution >= 0.6 is 0 Å². The van der Waals surface area contributed by atoms with E-state index in [0.717, 1.165) is 27.3 Å². The Morgan fingerprint density at radius 3 is 2.03 bits per heavy atom. The standard InChI is InChI=1S/C25H23NO3/c1-18(29-24-15-7-11-20-9-3-5-13-22(20)24)25(27)26-16-17-28-23-14-6-10-19-8-2-4-12-21(19)23/h2-15,18H,16-17H2,1H3,(H,26,27). The topological polar surface area (TPSA) is 47.6 Å². The summed E-state index contributed by atoms with van der Waals surface area (Å²) >= 11 is 0. The summed E-state index contributed by atoms with van der Waals surface area (Å²) in [6.07, 6.45) is -0.599. The first-order chi connectivity index (χ1) is 14.2. The minimum atomic E-state index is -0.599. The zero-order valence-electron chi connectivity index (χ0n) is 16.3. The molecule has 0 heterocycles. The van der Waals surface area contributed by atoms with Gasteiger partial charge in [-0.05, 0) is 29.8 Å². The van der Waals surface area contributed by atoms with Crippen LogP contribution in [0.3, 0.4) is 0 Å². The third kappa shape index (κ3) is 4.32. The smallest absolute Gasteiger partial charge is 0.260 e. The normalized spacial score (nSPS) is 11.9. The molecule has 0 aromatic heterocycles. The Kier molecular flexibility index (Phi) is 5.61. The van der Waals surface area contributed by atoms with Gasteiger partial charge in [-0.25, -0.2) is 0 Å². The van der Waals surface area contributed by atoms with Gasteiger partial charge >= 0.3 is 0 Å². The predicted molar refractivity (Wildman–Crippen MR) is 116 cm³/mol. The molecule has 0 saturated carbocycles. The quantitative estimate of drug-likeness (QED) is 0.458. The number of fused-ring (bicyclic) bond motifs is 2. The van der Waals surface area contributed by atoms with Crippen LogP contribution in [-0.4, -0.2) is 25.2 Å². The van der Waals surface area contributed by atoms with E-state index >= 15 is 0 Å². The highest BCUT2D eigenvalue weighted by Crippen LogP contribution is 2.26. The van der Waals surface area contributed by atoms with E-state index < -0.39 is 6.10 Å². The molecular weight excluding hydrogens is 362 g/mol. The van der Waals surface area contributed by atoms with Crippen molar-refractivity contribution in [3.8, 4) is 11.5 Å². The zero-order chi connectivity index (χ0) is 20.1. The molecule has 4 aromatic rings. The minimum Gasteiger partial charge on any atom is -0.491 e. The average Bonchev–Trinajstić information content (AvgIpc) is 2.77. The van der Waals surface area contributed by atoms with Crippen LogP contribution in [0.1, 0.15) is 6.92 Å². The Morgan fingerprint density at radius 2 is 1.34 bits per heavy atom. The van der Waals surface area contributed by atoms with E-state index in [0.29, 0.717) is 18.9 Å². The molecule has 0 fully saturated rings. The second-order valence-electron chi connectivity index (χ2n) is 6.85. The van der Waals surface area contributed by atoms with Crippen molar-refractivity contribution < 1.29 is 14.3 Å². The molecule has 0 spiro atoms. The molecule has 0 bridgehead atoms. The fourth-order valence-electron chi connectivity index (χ4n) is 3.34. The van der Waals surface area contributed by atoms with E-state index in [-0.39, 0.29) is 5.91 Å². The third-order valence-corrected chi connectivity index (χ3v) is 4.83. The van der Waals surface area contributed by atoms with E-state index in [4.69, 9.17) is 9.47 Å². The number of carbonyl (C=O) groups excluding carboxylic acids is 1. The second kappa shape index (κ2) is 8.65. The minimum absolute atomic E-state index is 0.167. The zero-order valence-corrected chi connectivity index (χ0v) is 16.3. The summed E-state index contributed by atoms with van der Waals surface area (Å²) in [5.74, 6) is 1.36. The molecule has 0 aliphatic rings. The van der Waals surface area contributed by atoms with Crippen LogP contribution in [0, 0.1) is 0 Å². The number of benzene rings is 4. The molecule has 1 amide bonds. The van der Waals surface area contributed by atoms with E-state index in [1.54, 1.807) is 6.92 Å². The monoisotopic (exact) mass is 385 g/mol. The molecule has 4 heteroatoms. The van der Waals surface area contributed by atoms with Crippen LogP contribution < -0.4 is 14.8 Å². The summed E-state index contributed by atoms with van der Waals surface area (Å²) in [5, 5.41) is 7.15. The van der Waals surface area contributed by atoms with E-state index in [2.05, 4.69) is 17.4 Å². The Morgan fingerprint density at radius 1 is 0.793 bits per heavy atom. The summed E-state index contributed by atoms with van der Waals surface area (Å²) in [5.41, 5.74) is 0. The van der Waals surface area contributed by atoms with Gasteiger partial charge in [0, 0.05) is 10.8 Å². The van der Waals surface area contributed by atoms with Gasteiger partial charge in [0.25, 0.3) is 5.91 Å². The van der Waals surface area contributed by atoms with Gasteiger partial charge in [0.05, 0.1) is 6.54 Å². The molecule has 1 atom stereocenters. The molecule has 146 valence electrons. The molecule has 0 saturated heterocycles. The van der Waals surface area contributed by atoms with Crippen molar-refractivity contribution in [3.05, 3.63) is 84.9 Å². The highest BCUT2D eigenvalue weighted by molar-refractivity contribution is 5.89. The molecule has 1 N–H and O–H groups in total. The van der Waals surface area contributed by atoms with Gasteiger partial charge in [-0.1, -0.05) is 72.8 Å². The van der Waals surface area contributed by atoms with Gasteiger partial charge in [-0.2, -0.15) is 0 Å². The molecule has 4 nitrogen and oxygen atoms in total. The highest BCUT2D eigenvalue weighted by Gasteiger charge is 2.15. The number of amides is 1. The van der Waals surface area contributed by atoms with Crippen LogP contribution in [0.2, 0.25) is 0 Å². The maximum Gasteiger partial charge on any atom is 0.260 e. The Bertz CT molecular complexity index is 1130. The average molecular weight is 385 g/mol. The third-order valence-electron chi connectivity index (χ3n) is 4.83. The van der Waals surface area contributed by atoms with Crippen molar-refractivity contribution in [2.24, 2.45) is 0 Å². The van der Waals surface area contributed by atoms with Gasteiger partial charge in [-0.3, -0.25) is 4.79 Å². The molecule has 29 heavy (non-hydrogen) atoms. The van der Waals surface area contributed by atoms with Gasteiger partial charge < -0.3 is 14.8 Å². The van der Waals surface area contributed by atoms with Crippen molar-refractivity contribution in [1.29, 1.82) is 0 Å². The number of nitrogens with one attached hydrogen (secondary N) is 1. The van der Waals surface area contributed by atoms with Crippen LogP contribution in [0.4, 0.5) is 0 Å². The Hall–Kier alpha value is -3.53. The maximum atomic E-state index is 12.4. The number of hydrogen-bond donors (Lipinski definition) is 1. The first kappa shape index (κ1) is 18.8. The lowest BCUT2D eigenvalue weighted by molar-refractivity contribution is -0.127. The predicted octanol–water partition coefficient (Wildman–Crippen LogP) is 4.96. The molecule has 4 aromatic carbocycles. The van der Waals surface area contributed by atoms with Crippen molar-refractivity contribution >= 4 is 27.5 Å². The molecule has 0 radical (unpaired) electrons. The van der Waals surface area contributed by atoms with E-state index in [1.165, 1.54) is 0 Å². The van der Waals surface area contributed by atoms with Gasteiger partial charge in [-0.15, -0.1) is 0 Å². The Balaban J connectivity index is 1.31. The number of rotatable bonds is 7. The van der Waals surface area contributed by atoms with Gasteiger partial charge in [0.1, 0.15) is 18.1 Å². The van der Waals surface area contributed by atoms with Crippen LogP contribution in [0.5, 0.6) is 11.5 Å². The van der Waals surface area contributed by atoms with Crippen LogP contribution in [0.25, 0.3) is 21.5 Å². The molecule has 1 unspecified atom stereocenters. The van der Waals surface area contributed by atoms with Crippen LogP contribution in [-0.2, 0) is 4.79 Å². The maximum absolute atomic E-state index is 12.4. The summed E-state index contributed by atoms with van der Waals surface area (Å²) in [6, 6.07) is 27.8. The number of ether oxygens (including phenoxy) is 2. The molecular formula is C25H23NO3. The first-order valence-corrected chi connectivity index (χ1v) is 9.75. The van der Waals surface area contributed by atoms with Crippen molar-refractivity contribution in [3.63, 3.8) is 0 Å². The summed E-state index contributed by atoms with van der Waals surface area (Å²) in [4.78, 5) is 12.4. The molecule has 0 aliphatic carbocycles.